The van der Waals surface area contributed by atoms with Crippen LogP contribution in [-0.2, 0) is 22.5 Å². The monoisotopic (exact) mass is 221 g/mol. The van der Waals surface area contributed by atoms with Crippen molar-refractivity contribution in [1.82, 2.24) is 4.57 Å². The highest BCUT2D eigenvalue weighted by atomic mass is 16.5. The highest BCUT2D eigenvalue weighted by molar-refractivity contribution is 5.70. The Kier molecular flexibility index (Phi) is 3.32. The minimum Gasteiger partial charge on any atom is -0.469 e. The van der Waals surface area contributed by atoms with Crippen LogP contribution in [0.1, 0.15) is 43.5 Å². The molecule has 1 aromatic rings. The van der Waals surface area contributed by atoms with Crippen molar-refractivity contribution >= 4 is 5.97 Å². The first kappa shape index (κ1) is 11.2. The maximum Gasteiger partial charge on any atom is 0.306 e. The van der Waals surface area contributed by atoms with Gasteiger partial charge in [-0.2, -0.15) is 0 Å². The molecule has 1 atom stereocenters. The van der Waals surface area contributed by atoms with Gasteiger partial charge >= 0.3 is 5.97 Å². The van der Waals surface area contributed by atoms with Crippen molar-refractivity contribution in [2.45, 2.75) is 45.1 Å². The van der Waals surface area contributed by atoms with Crippen molar-refractivity contribution in [3.05, 3.63) is 23.5 Å². The first-order valence-corrected chi connectivity index (χ1v) is 6.01. The Bertz CT molecular complexity index is 381. The summed E-state index contributed by atoms with van der Waals surface area (Å²) in [6.45, 7) is 3.27. The van der Waals surface area contributed by atoms with Gasteiger partial charge in [0.05, 0.1) is 13.5 Å². The van der Waals surface area contributed by atoms with E-state index in [-0.39, 0.29) is 5.97 Å². The molecule has 88 valence electrons. The third kappa shape index (κ3) is 1.99. The third-order valence-corrected chi connectivity index (χ3v) is 3.46. The Morgan fingerprint density at radius 1 is 1.56 bits per heavy atom. The van der Waals surface area contributed by atoms with Crippen LogP contribution in [0.3, 0.4) is 0 Å². The zero-order chi connectivity index (χ0) is 11.5. The quantitative estimate of drug-likeness (QED) is 0.734. The number of nitrogens with zero attached hydrogens (tertiary/aromatic N) is 1. The minimum absolute atomic E-state index is 0.0994. The molecule has 2 heterocycles. The van der Waals surface area contributed by atoms with Crippen LogP contribution in [0.4, 0.5) is 0 Å². The number of carbonyl (C=O) groups is 1. The number of methoxy groups -OCH3 is 1. The number of hydrogen-bond donors (Lipinski definition) is 0. The molecule has 0 saturated carbocycles. The number of aromatic nitrogens is 1. The summed E-state index contributed by atoms with van der Waals surface area (Å²) < 4.78 is 7.13. The normalized spacial score (nSPS) is 19.2. The molecule has 0 N–H and O–H groups in total. The lowest BCUT2D eigenvalue weighted by Crippen LogP contribution is -2.19. The summed E-state index contributed by atoms with van der Waals surface area (Å²) in [7, 11) is 1.46. The van der Waals surface area contributed by atoms with E-state index in [1.807, 2.05) is 0 Å². The van der Waals surface area contributed by atoms with Crippen LogP contribution in [0, 0.1) is 0 Å². The van der Waals surface area contributed by atoms with Crippen molar-refractivity contribution in [2.24, 2.45) is 0 Å². The lowest BCUT2D eigenvalue weighted by molar-refractivity contribution is -0.141. The molecule has 0 spiro atoms. The highest BCUT2D eigenvalue weighted by Gasteiger charge is 2.24. The molecular formula is C13H19NO2. The Labute approximate surface area is 96.4 Å². The van der Waals surface area contributed by atoms with Crippen LogP contribution in [0.2, 0.25) is 0 Å². The van der Waals surface area contributed by atoms with Crippen LogP contribution < -0.4 is 0 Å². The molecule has 0 aromatic carbocycles. The van der Waals surface area contributed by atoms with E-state index in [0.29, 0.717) is 12.3 Å². The second-order valence-electron chi connectivity index (χ2n) is 4.37. The SMILES string of the molecule is CCc1ccc2n1CCCC2CC(=O)OC. The van der Waals surface area contributed by atoms with Crippen LogP contribution in [0.15, 0.2) is 12.1 Å². The maximum absolute atomic E-state index is 11.3. The van der Waals surface area contributed by atoms with E-state index >= 15 is 0 Å². The molecule has 3 nitrogen and oxygen atoms in total. The van der Waals surface area contributed by atoms with Gasteiger partial charge in [-0.05, 0) is 31.4 Å². The molecule has 16 heavy (non-hydrogen) atoms. The largest absolute Gasteiger partial charge is 0.469 e. The molecule has 0 amide bonds. The van der Waals surface area contributed by atoms with Crippen molar-refractivity contribution in [2.75, 3.05) is 7.11 Å². The Morgan fingerprint density at radius 3 is 3.06 bits per heavy atom. The minimum atomic E-state index is -0.0994. The summed E-state index contributed by atoms with van der Waals surface area (Å²) in [5, 5.41) is 0. The Balaban J connectivity index is 2.20. The van der Waals surface area contributed by atoms with Crippen molar-refractivity contribution in [1.29, 1.82) is 0 Å². The van der Waals surface area contributed by atoms with E-state index in [2.05, 4.69) is 23.6 Å². The van der Waals surface area contributed by atoms with Gasteiger partial charge in [0.15, 0.2) is 0 Å². The van der Waals surface area contributed by atoms with Crippen LogP contribution in [0.25, 0.3) is 0 Å². The van der Waals surface area contributed by atoms with Gasteiger partial charge in [-0.1, -0.05) is 6.92 Å². The number of ether oxygens (including phenoxy) is 1. The molecule has 0 saturated heterocycles. The summed E-state index contributed by atoms with van der Waals surface area (Å²) in [5.74, 6) is 0.249. The molecule has 2 rings (SSSR count). The third-order valence-electron chi connectivity index (χ3n) is 3.46. The second kappa shape index (κ2) is 4.73. The topological polar surface area (TPSA) is 31.2 Å². The van der Waals surface area contributed by atoms with Gasteiger partial charge in [-0.15, -0.1) is 0 Å². The fourth-order valence-corrected chi connectivity index (χ4v) is 2.60. The number of aryl methyl sites for hydroxylation is 1. The maximum atomic E-state index is 11.3. The van der Waals surface area contributed by atoms with Gasteiger partial charge in [0.2, 0.25) is 0 Å². The van der Waals surface area contributed by atoms with Gasteiger partial charge in [0.25, 0.3) is 0 Å². The molecule has 3 heteroatoms. The number of esters is 1. The molecule has 1 aromatic heterocycles. The zero-order valence-electron chi connectivity index (χ0n) is 10.0. The van der Waals surface area contributed by atoms with Crippen molar-refractivity contribution in [3.8, 4) is 0 Å². The number of rotatable bonds is 3. The van der Waals surface area contributed by atoms with Crippen molar-refractivity contribution in [3.63, 3.8) is 0 Å². The molecule has 0 fully saturated rings. The lowest BCUT2D eigenvalue weighted by Gasteiger charge is -2.25. The van der Waals surface area contributed by atoms with Crippen LogP contribution >= 0.6 is 0 Å². The average molecular weight is 221 g/mol. The fourth-order valence-electron chi connectivity index (χ4n) is 2.60. The van der Waals surface area contributed by atoms with E-state index < -0.39 is 0 Å². The standard InChI is InChI=1S/C13H19NO2/c1-3-11-6-7-12-10(9-13(15)16-2)5-4-8-14(11)12/h6-7,10H,3-5,8-9H2,1-2H3. The molecular weight excluding hydrogens is 202 g/mol. The Morgan fingerprint density at radius 2 is 2.38 bits per heavy atom. The number of hydrogen-bond acceptors (Lipinski definition) is 2. The molecule has 0 bridgehead atoms. The average Bonchev–Trinajstić information content (AvgIpc) is 2.73. The van der Waals surface area contributed by atoms with E-state index in [1.54, 1.807) is 0 Å². The number of fused-ring (bicyclic) bond motifs is 1. The summed E-state index contributed by atoms with van der Waals surface area (Å²) in [6, 6.07) is 4.36. The predicted molar refractivity (Wildman–Crippen MR) is 62.4 cm³/mol. The molecule has 1 aliphatic rings. The summed E-state index contributed by atoms with van der Waals surface area (Å²) in [6.07, 6.45) is 3.84. The smallest absolute Gasteiger partial charge is 0.306 e. The van der Waals surface area contributed by atoms with Gasteiger partial charge in [-0.3, -0.25) is 4.79 Å². The zero-order valence-corrected chi connectivity index (χ0v) is 10.0. The van der Waals surface area contributed by atoms with Gasteiger partial charge < -0.3 is 9.30 Å². The second-order valence-corrected chi connectivity index (χ2v) is 4.37. The summed E-state index contributed by atoms with van der Waals surface area (Å²) >= 11 is 0. The first-order chi connectivity index (χ1) is 7.76. The summed E-state index contributed by atoms with van der Waals surface area (Å²) in [4.78, 5) is 11.3. The molecule has 1 aliphatic heterocycles. The fraction of sp³-hybridized carbons (Fsp3) is 0.615. The van der Waals surface area contributed by atoms with Crippen LogP contribution in [0.5, 0.6) is 0 Å². The number of carbonyl (C=O) groups excluding carboxylic acids is 1. The van der Waals surface area contributed by atoms with Gasteiger partial charge in [0.1, 0.15) is 0 Å². The predicted octanol–water partition coefficient (Wildman–Crippen LogP) is 2.49. The summed E-state index contributed by atoms with van der Waals surface area (Å²) in [5.41, 5.74) is 2.69. The van der Waals surface area contributed by atoms with E-state index in [4.69, 9.17) is 4.74 Å². The molecule has 1 unspecified atom stereocenters. The first-order valence-electron chi connectivity index (χ1n) is 6.01. The molecule has 0 radical (unpaired) electrons. The van der Waals surface area contributed by atoms with Gasteiger partial charge in [-0.25, -0.2) is 0 Å². The van der Waals surface area contributed by atoms with Crippen molar-refractivity contribution < 1.29 is 9.53 Å². The van der Waals surface area contributed by atoms with E-state index in [9.17, 15) is 4.79 Å². The van der Waals surface area contributed by atoms with Gasteiger partial charge in [0, 0.05) is 23.9 Å². The molecule has 0 aliphatic carbocycles. The van der Waals surface area contributed by atoms with E-state index in [1.165, 1.54) is 18.5 Å². The van der Waals surface area contributed by atoms with Crippen LogP contribution in [-0.4, -0.2) is 17.6 Å². The van der Waals surface area contributed by atoms with E-state index in [0.717, 1.165) is 25.8 Å². The lowest BCUT2D eigenvalue weighted by atomic mass is 9.93. The highest BCUT2D eigenvalue weighted by Crippen LogP contribution is 2.32. The Hall–Kier alpha value is -1.25.